The fourth-order valence-electron chi connectivity index (χ4n) is 4.62. The van der Waals surface area contributed by atoms with Gasteiger partial charge in [0.1, 0.15) is 16.5 Å². The monoisotopic (exact) mass is 441 g/mol. The van der Waals surface area contributed by atoms with Crippen molar-refractivity contribution in [1.29, 1.82) is 0 Å². The molecule has 1 rings (SSSR count). The van der Waals surface area contributed by atoms with Gasteiger partial charge in [0.2, 0.25) is 0 Å². The number of nitrogens with one attached hydrogen (secondary N) is 1. The number of halogens is 1. The Hall–Kier alpha value is -0.479. The van der Waals surface area contributed by atoms with Crippen LogP contribution in [0.4, 0.5) is 9.80 Å². The molecule has 162 valence electrons. The Morgan fingerprint density at radius 2 is 1.25 bits per heavy atom. The molecule has 0 aromatic heterocycles. The maximum Gasteiger partial charge on any atom is 0.503 e. The first-order valence-corrected chi connectivity index (χ1v) is 19.2. The molecule has 0 aliphatic carbocycles. The van der Waals surface area contributed by atoms with Crippen LogP contribution in [0, 0.1) is 20.8 Å². The van der Waals surface area contributed by atoms with Crippen molar-refractivity contribution in [2.45, 2.75) is 99.8 Å². The summed E-state index contributed by atoms with van der Waals surface area (Å²) in [5.74, 6) is 0. The van der Waals surface area contributed by atoms with E-state index in [-0.39, 0.29) is 12.1 Å². The SMILES string of the molecule is Cc1cc(C)c(N([Si](C)(C)C)[Si](F)(NC(C)C)N(C(C)C)[Si](C)(C)C)c(C)c1. The van der Waals surface area contributed by atoms with Gasteiger partial charge in [-0.05, 0) is 44.0 Å². The lowest BCUT2D eigenvalue weighted by molar-refractivity contribution is 0.423. The molecule has 0 bridgehead atoms. The maximum atomic E-state index is 17.7. The van der Waals surface area contributed by atoms with Gasteiger partial charge in [-0.15, -0.1) is 0 Å². The van der Waals surface area contributed by atoms with Gasteiger partial charge in [0, 0.05) is 5.69 Å². The van der Waals surface area contributed by atoms with Crippen LogP contribution in [0.5, 0.6) is 0 Å². The van der Waals surface area contributed by atoms with Crippen molar-refractivity contribution in [3.63, 3.8) is 0 Å². The average molecular weight is 442 g/mol. The summed E-state index contributed by atoms with van der Waals surface area (Å²) in [6, 6.07) is 4.64. The summed E-state index contributed by atoms with van der Waals surface area (Å²) in [5.41, 5.74) is 4.71. The van der Waals surface area contributed by atoms with Crippen LogP contribution in [0.15, 0.2) is 12.1 Å². The second kappa shape index (κ2) is 8.71. The molecule has 0 saturated heterocycles. The molecular formula is C21H44FN3Si3. The van der Waals surface area contributed by atoms with Crippen LogP contribution in [-0.4, -0.2) is 41.7 Å². The molecule has 1 N–H and O–H groups in total. The number of hydrogen-bond acceptors (Lipinski definition) is 3. The minimum absolute atomic E-state index is 0.0826. The van der Waals surface area contributed by atoms with Crippen molar-refractivity contribution < 1.29 is 4.11 Å². The molecule has 0 saturated carbocycles. The van der Waals surface area contributed by atoms with Gasteiger partial charge in [0.15, 0.2) is 0 Å². The van der Waals surface area contributed by atoms with E-state index in [1.165, 1.54) is 16.7 Å². The average Bonchev–Trinajstić information content (AvgIpc) is 2.37. The molecule has 1 aromatic rings. The highest BCUT2D eigenvalue weighted by Gasteiger charge is 2.58. The van der Waals surface area contributed by atoms with Gasteiger partial charge in [-0.2, -0.15) is 0 Å². The van der Waals surface area contributed by atoms with Crippen LogP contribution in [0.2, 0.25) is 39.3 Å². The van der Waals surface area contributed by atoms with Crippen molar-refractivity contribution in [3.8, 4) is 0 Å². The lowest BCUT2D eigenvalue weighted by atomic mass is 10.1. The van der Waals surface area contributed by atoms with Crippen molar-refractivity contribution >= 4 is 31.1 Å². The fourth-order valence-corrected chi connectivity index (χ4v) is 18.2. The predicted molar refractivity (Wildman–Crippen MR) is 132 cm³/mol. The van der Waals surface area contributed by atoms with Crippen molar-refractivity contribution in [3.05, 3.63) is 28.8 Å². The maximum absolute atomic E-state index is 17.7. The fraction of sp³-hybridized carbons (Fsp3) is 0.714. The Kier molecular flexibility index (Phi) is 7.95. The van der Waals surface area contributed by atoms with E-state index < -0.39 is 25.4 Å². The zero-order chi connectivity index (χ0) is 22.2. The smallest absolute Gasteiger partial charge is 0.376 e. The molecule has 0 spiro atoms. The van der Waals surface area contributed by atoms with E-state index in [1.54, 1.807) is 0 Å². The van der Waals surface area contributed by atoms with Crippen LogP contribution >= 0.6 is 0 Å². The van der Waals surface area contributed by atoms with Gasteiger partial charge in [-0.25, -0.2) is 4.11 Å². The summed E-state index contributed by atoms with van der Waals surface area (Å²) in [7, 11) is -7.68. The number of rotatable bonds is 8. The Balaban J connectivity index is 3.93. The zero-order valence-electron chi connectivity index (χ0n) is 20.6. The number of benzene rings is 1. The van der Waals surface area contributed by atoms with E-state index >= 15 is 4.11 Å². The molecule has 0 fully saturated rings. The minimum atomic E-state index is -3.69. The highest BCUT2D eigenvalue weighted by Crippen LogP contribution is 2.38. The van der Waals surface area contributed by atoms with Gasteiger partial charge in [-0.3, -0.25) is 9.21 Å². The Morgan fingerprint density at radius 1 is 0.821 bits per heavy atom. The Labute approximate surface area is 177 Å². The topological polar surface area (TPSA) is 18.5 Å². The first-order valence-electron chi connectivity index (χ1n) is 10.6. The van der Waals surface area contributed by atoms with Crippen LogP contribution < -0.4 is 9.21 Å². The Morgan fingerprint density at radius 3 is 1.54 bits per heavy atom. The Bertz CT molecular complexity index is 657. The van der Waals surface area contributed by atoms with Gasteiger partial charge < -0.3 is 4.23 Å². The second-order valence-corrected chi connectivity index (χ2v) is 23.7. The van der Waals surface area contributed by atoms with E-state index in [9.17, 15) is 0 Å². The third kappa shape index (κ3) is 5.56. The largest absolute Gasteiger partial charge is 0.503 e. The molecule has 0 heterocycles. The molecule has 3 nitrogen and oxygen atoms in total. The first kappa shape index (κ1) is 25.6. The molecule has 0 aliphatic rings. The van der Waals surface area contributed by atoms with Crippen LogP contribution in [0.1, 0.15) is 44.4 Å². The first-order chi connectivity index (χ1) is 12.4. The van der Waals surface area contributed by atoms with Gasteiger partial charge in [0.05, 0.1) is 0 Å². The summed E-state index contributed by atoms with van der Waals surface area (Å²) < 4.78 is 22.3. The number of aryl methyl sites for hydroxylation is 3. The molecule has 0 radical (unpaired) electrons. The lowest BCUT2D eigenvalue weighted by Gasteiger charge is -2.55. The van der Waals surface area contributed by atoms with E-state index in [0.29, 0.717) is 0 Å². The highest BCUT2D eigenvalue weighted by atomic mass is 28.5. The molecular weight excluding hydrogens is 398 g/mol. The molecule has 1 atom stereocenters. The zero-order valence-corrected chi connectivity index (χ0v) is 23.6. The third-order valence-corrected chi connectivity index (χ3v) is 17.1. The van der Waals surface area contributed by atoms with Gasteiger partial charge in [0.25, 0.3) is 0 Å². The summed E-state index contributed by atoms with van der Waals surface area (Å²) in [6.45, 7) is 28.5. The number of nitrogens with zero attached hydrogens (tertiary/aromatic N) is 2. The molecule has 7 heteroatoms. The lowest BCUT2D eigenvalue weighted by Crippen LogP contribution is -2.83. The van der Waals surface area contributed by atoms with Crippen molar-refractivity contribution in [2.75, 3.05) is 4.23 Å². The summed E-state index contributed by atoms with van der Waals surface area (Å²) in [5, 5.41) is 0. The minimum Gasteiger partial charge on any atom is -0.376 e. The summed E-state index contributed by atoms with van der Waals surface area (Å²) in [4.78, 5) is 3.51. The third-order valence-electron chi connectivity index (χ3n) is 4.86. The van der Waals surface area contributed by atoms with E-state index in [1.807, 2.05) is 0 Å². The molecule has 1 aromatic carbocycles. The normalized spacial score (nSPS) is 15.5. The standard InChI is InChI=1S/C21H44FN3Si3/c1-16(2)23-28(22,24(17(3)4)26(8,9)10)25(27(11,12)13)21-19(6)14-18(5)15-20(21)7/h14-17,23H,1-13H3. The summed E-state index contributed by atoms with van der Waals surface area (Å²) in [6.07, 6.45) is 0. The van der Waals surface area contributed by atoms with Gasteiger partial charge in [-0.1, -0.05) is 84.7 Å². The number of anilines is 1. The molecule has 0 aliphatic heterocycles. The molecule has 28 heavy (non-hydrogen) atoms. The van der Waals surface area contributed by atoms with Crippen LogP contribution in [-0.2, 0) is 0 Å². The van der Waals surface area contributed by atoms with Crippen molar-refractivity contribution in [1.82, 2.24) is 9.21 Å². The predicted octanol–water partition coefficient (Wildman–Crippen LogP) is 6.20. The van der Waals surface area contributed by atoms with E-state index in [4.69, 9.17) is 0 Å². The second-order valence-electron chi connectivity index (χ2n) is 10.8. The van der Waals surface area contributed by atoms with Gasteiger partial charge >= 0.3 is 8.89 Å². The molecule has 0 amide bonds. The van der Waals surface area contributed by atoms with Crippen LogP contribution in [0.3, 0.4) is 0 Å². The van der Waals surface area contributed by atoms with Crippen molar-refractivity contribution in [2.24, 2.45) is 0 Å². The highest BCUT2D eigenvalue weighted by molar-refractivity contribution is 7.00. The molecule has 1 unspecified atom stereocenters. The quantitative estimate of drug-likeness (QED) is 0.382. The van der Waals surface area contributed by atoms with Crippen LogP contribution in [0.25, 0.3) is 0 Å². The van der Waals surface area contributed by atoms with E-state index in [0.717, 1.165) is 5.69 Å². The van der Waals surface area contributed by atoms with E-state index in [2.05, 4.69) is 113 Å². The summed E-state index contributed by atoms with van der Waals surface area (Å²) >= 11 is 0. The number of hydrogen-bond donors (Lipinski definition) is 1.